The summed E-state index contributed by atoms with van der Waals surface area (Å²) in [7, 11) is 0. The van der Waals surface area contributed by atoms with Crippen LogP contribution in [0.2, 0.25) is 0 Å². The molecule has 2 aromatic rings. The highest BCUT2D eigenvalue weighted by Crippen LogP contribution is 2.40. The van der Waals surface area contributed by atoms with E-state index in [1.165, 1.54) is 0 Å². The van der Waals surface area contributed by atoms with Crippen molar-refractivity contribution >= 4 is 0 Å². The lowest BCUT2D eigenvalue weighted by Gasteiger charge is -2.23. The van der Waals surface area contributed by atoms with Crippen LogP contribution in [0.4, 0.5) is 8.78 Å². The van der Waals surface area contributed by atoms with Gasteiger partial charge in [0.05, 0.1) is 13.2 Å². The lowest BCUT2D eigenvalue weighted by molar-refractivity contribution is 0.290. The van der Waals surface area contributed by atoms with E-state index in [2.05, 4.69) is 6.92 Å². The molecule has 4 heteroatoms. The predicted octanol–water partition coefficient (Wildman–Crippen LogP) is 6.09. The van der Waals surface area contributed by atoms with Gasteiger partial charge in [0.25, 0.3) is 0 Å². The Morgan fingerprint density at radius 3 is 1.77 bits per heavy atom. The van der Waals surface area contributed by atoms with Crippen LogP contribution in [0.15, 0.2) is 24.3 Å². The molecule has 0 radical (unpaired) electrons. The SMILES string of the molecule is CCCCCOc1ccc2c(c1F)CCc1c-2ccc(OCCC)c1F. The van der Waals surface area contributed by atoms with Crippen molar-refractivity contribution in [1.82, 2.24) is 0 Å². The third kappa shape index (κ3) is 3.69. The van der Waals surface area contributed by atoms with Crippen molar-refractivity contribution in [3.63, 3.8) is 0 Å². The van der Waals surface area contributed by atoms with Gasteiger partial charge in [0.2, 0.25) is 0 Å². The molecule has 3 rings (SSSR count). The molecule has 2 aromatic carbocycles. The number of benzene rings is 2. The van der Waals surface area contributed by atoms with Crippen LogP contribution in [0.3, 0.4) is 0 Å². The van der Waals surface area contributed by atoms with Gasteiger partial charge in [0.1, 0.15) is 0 Å². The number of hydrogen-bond acceptors (Lipinski definition) is 2. The van der Waals surface area contributed by atoms with Gasteiger partial charge in [-0.25, -0.2) is 8.78 Å². The van der Waals surface area contributed by atoms with Crippen molar-refractivity contribution in [1.29, 1.82) is 0 Å². The summed E-state index contributed by atoms with van der Waals surface area (Å²) in [5.41, 5.74) is 2.74. The first-order chi connectivity index (χ1) is 12.7. The van der Waals surface area contributed by atoms with E-state index in [1.807, 2.05) is 19.1 Å². The van der Waals surface area contributed by atoms with E-state index < -0.39 is 0 Å². The molecule has 26 heavy (non-hydrogen) atoms. The smallest absolute Gasteiger partial charge is 0.168 e. The molecule has 0 fully saturated rings. The molecular weight excluding hydrogens is 334 g/mol. The Kier molecular flexibility index (Phi) is 6.12. The molecule has 0 unspecified atom stereocenters. The van der Waals surface area contributed by atoms with Gasteiger partial charge in [-0.15, -0.1) is 0 Å². The zero-order valence-corrected chi connectivity index (χ0v) is 15.5. The quantitative estimate of drug-likeness (QED) is 0.531. The highest BCUT2D eigenvalue weighted by molar-refractivity contribution is 5.75. The van der Waals surface area contributed by atoms with Gasteiger partial charge in [0, 0.05) is 0 Å². The number of rotatable bonds is 8. The van der Waals surface area contributed by atoms with Gasteiger partial charge in [-0.2, -0.15) is 0 Å². The first kappa shape index (κ1) is 18.7. The van der Waals surface area contributed by atoms with Gasteiger partial charge in [-0.3, -0.25) is 0 Å². The molecule has 0 spiro atoms. The third-order valence-electron chi connectivity index (χ3n) is 4.80. The molecule has 0 heterocycles. The summed E-state index contributed by atoms with van der Waals surface area (Å²) in [5.74, 6) is -0.0460. The largest absolute Gasteiger partial charge is 0.491 e. The summed E-state index contributed by atoms with van der Waals surface area (Å²) < 4.78 is 40.7. The summed E-state index contributed by atoms with van der Waals surface area (Å²) in [6.07, 6.45) is 4.85. The Morgan fingerprint density at radius 1 is 0.731 bits per heavy atom. The number of halogens is 2. The van der Waals surface area contributed by atoms with E-state index in [-0.39, 0.29) is 17.4 Å². The fourth-order valence-corrected chi connectivity index (χ4v) is 3.41. The maximum Gasteiger partial charge on any atom is 0.168 e. The van der Waals surface area contributed by atoms with E-state index in [1.54, 1.807) is 12.1 Å². The molecule has 0 amide bonds. The Bertz CT molecular complexity index is 771. The molecule has 0 bridgehead atoms. The summed E-state index contributed by atoms with van der Waals surface area (Å²) in [4.78, 5) is 0. The van der Waals surface area contributed by atoms with Crippen molar-refractivity contribution in [3.05, 3.63) is 47.0 Å². The Morgan fingerprint density at radius 2 is 1.27 bits per heavy atom. The van der Waals surface area contributed by atoms with Crippen LogP contribution in [0.5, 0.6) is 11.5 Å². The molecule has 0 atom stereocenters. The van der Waals surface area contributed by atoms with Gasteiger partial charge < -0.3 is 9.47 Å². The first-order valence-electron chi connectivity index (χ1n) is 9.56. The molecule has 2 nitrogen and oxygen atoms in total. The van der Waals surface area contributed by atoms with E-state index in [0.29, 0.717) is 42.9 Å². The highest BCUT2D eigenvalue weighted by atomic mass is 19.1. The van der Waals surface area contributed by atoms with Crippen LogP contribution in [-0.4, -0.2) is 13.2 Å². The molecular formula is C22H26F2O2. The van der Waals surface area contributed by atoms with Crippen molar-refractivity contribution in [2.45, 2.75) is 52.4 Å². The van der Waals surface area contributed by atoms with Gasteiger partial charge in [-0.05, 0) is 60.1 Å². The van der Waals surface area contributed by atoms with Crippen LogP contribution in [0.1, 0.15) is 50.7 Å². The minimum atomic E-state index is -0.318. The predicted molar refractivity (Wildman–Crippen MR) is 100 cm³/mol. The standard InChI is InChI=1S/C22H26F2O2/c1-3-5-6-14-26-20-12-10-16-15-9-11-19(25-13-4-2)21(23)17(15)7-8-18(16)22(20)24/h9-12H,3-8,13-14H2,1-2H3. The van der Waals surface area contributed by atoms with E-state index in [0.717, 1.165) is 36.8 Å². The maximum atomic E-state index is 14.9. The minimum absolute atomic E-state index is 0.283. The highest BCUT2D eigenvalue weighted by Gasteiger charge is 2.25. The van der Waals surface area contributed by atoms with Crippen molar-refractivity contribution in [2.24, 2.45) is 0 Å². The fraction of sp³-hybridized carbons (Fsp3) is 0.455. The average molecular weight is 360 g/mol. The fourth-order valence-electron chi connectivity index (χ4n) is 3.41. The number of ether oxygens (including phenoxy) is 2. The summed E-state index contributed by atoms with van der Waals surface area (Å²) in [6, 6.07) is 6.99. The van der Waals surface area contributed by atoms with E-state index >= 15 is 0 Å². The lowest BCUT2D eigenvalue weighted by Crippen LogP contribution is -2.11. The number of fused-ring (bicyclic) bond motifs is 3. The van der Waals surface area contributed by atoms with Crippen molar-refractivity contribution in [2.75, 3.05) is 13.2 Å². The summed E-state index contributed by atoms with van der Waals surface area (Å²) >= 11 is 0. The summed E-state index contributed by atoms with van der Waals surface area (Å²) in [6.45, 7) is 5.11. The summed E-state index contributed by atoms with van der Waals surface area (Å²) in [5, 5.41) is 0. The molecule has 140 valence electrons. The molecule has 0 saturated heterocycles. The van der Waals surface area contributed by atoms with Crippen LogP contribution >= 0.6 is 0 Å². The number of unbranched alkanes of at least 4 members (excludes halogenated alkanes) is 2. The monoisotopic (exact) mass is 360 g/mol. The molecule has 1 aliphatic carbocycles. The minimum Gasteiger partial charge on any atom is -0.491 e. The van der Waals surface area contributed by atoms with Gasteiger partial charge in [0.15, 0.2) is 23.1 Å². The van der Waals surface area contributed by atoms with E-state index in [4.69, 9.17) is 9.47 Å². The topological polar surface area (TPSA) is 18.5 Å². The second kappa shape index (κ2) is 8.52. The van der Waals surface area contributed by atoms with Gasteiger partial charge in [-0.1, -0.05) is 38.8 Å². The molecule has 0 N–H and O–H groups in total. The molecule has 1 aliphatic rings. The molecule has 0 saturated carbocycles. The lowest BCUT2D eigenvalue weighted by atomic mass is 9.84. The van der Waals surface area contributed by atoms with Crippen LogP contribution in [-0.2, 0) is 12.8 Å². The second-order valence-corrected chi connectivity index (χ2v) is 6.71. The maximum absolute atomic E-state index is 14.9. The third-order valence-corrected chi connectivity index (χ3v) is 4.80. The molecule has 0 aromatic heterocycles. The van der Waals surface area contributed by atoms with Crippen LogP contribution in [0, 0.1) is 11.6 Å². The first-order valence-corrected chi connectivity index (χ1v) is 9.56. The van der Waals surface area contributed by atoms with Crippen LogP contribution in [0.25, 0.3) is 11.1 Å². The normalized spacial score (nSPS) is 12.5. The zero-order chi connectivity index (χ0) is 18.5. The zero-order valence-electron chi connectivity index (χ0n) is 15.5. The Labute approximate surface area is 154 Å². The van der Waals surface area contributed by atoms with Crippen molar-refractivity contribution < 1.29 is 18.3 Å². The van der Waals surface area contributed by atoms with Gasteiger partial charge >= 0.3 is 0 Å². The van der Waals surface area contributed by atoms with E-state index in [9.17, 15) is 8.78 Å². The molecule has 0 aliphatic heterocycles. The second-order valence-electron chi connectivity index (χ2n) is 6.71. The Hall–Kier alpha value is -2.10. The average Bonchev–Trinajstić information content (AvgIpc) is 2.66. The number of hydrogen-bond donors (Lipinski definition) is 0. The Balaban J connectivity index is 1.88. The van der Waals surface area contributed by atoms with Crippen molar-refractivity contribution in [3.8, 4) is 22.6 Å². The van der Waals surface area contributed by atoms with Crippen LogP contribution < -0.4 is 9.47 Å².